The number of amides is 2. The Hall–Kier alpha value is -3.64. The molecule has 202 valence electrons. The van der Waals surface area contributed by atoms with Crippen LogP contribution in [0.4, 0.5) is 5.69 Å². The second-order valence-corrected chi connectivity index (χ2v) is 13.2. The van der Waals surface area contributed by atoms with Crippen LogP contribution in [0.15, 0.2) is 98.9 Å². The van der Waals surface area contributed by atoms with Crippen LogP contribution in [0.5, 0.6) is 0 Å². The molecule has 1 saturated heterocycles. The summed E-state index contributed by atoms with van der Waals surface area (Å²) in [7, 11) is -4.15. The van der Waals surface area contributed by atoms with Gasteiger partial charge in [0.25, 0.3) is 5.91 Å². The summed E-state index contributed by atoms with van der Waals surface area (Å²) >= 11 is 4.88. The van der Waals surface area contributed by atoms with Crippen LogP contribution in [-0.2, 0) is 26.2 Å². The summed E-state index contributed by atoms with van der Waals surface area (Å²) in [6.45, 7) is 1.84. The first-order chi connectivity index (χ1) is 19.2. The number of fused-ring (bicyclic) bond motifs is 1. The van der Waals surface area contributed by atoms with E-state index in [9.17, 15) is 18.0 Å². The summed E-state index contributed by atoms with van der Waals surface area (Å²) in [5, 5.41) is 0.828. The molecular weight excluding hydrogens is 614 g/mol. The average Bonchev–Trinajstić information content (AvgIpc) is 3.67. The number of furan rings is 1. The summed E-state index contributed by atoms with van der Waals surface area (Å²) in [5.74, 6) is -0.733. The highest BCUT2D eigenvalue weighted by molar-refractivity contribution is 9.10. The van der Waals surface area contributed by atoms with E-state index in [0.717, 1.165) is 35.6 Å². The van der Waals surface area contributed by atoms with Gasteiger partial charge in [-0.25, -0.2) is 18.3 Å². The van der Waals surface area contributed by atoms with Gasteiger partial charge >= 0.3 is 0 Å². The van der Waals surface area contributed by atoms with E-state index in [1.54, 1.807) is 47.7 Å². The standard InChI is InChI=1S/C29H22BrN3O5S2/c1-18-4-13-24-26(15-18)39-28(31-24)19-5-9-21(10-6-19)33-27(34)16-25(29(33)35)32(17-22-3-2-14-38-22)40(36,37)23-11-7-20(30)8-12-23/h2-15,25H,16-17H2,1H3. The Bertz CT molecular complexity index is 1830. The third kappa shape index (κ3) is 4.90. The van der Waals surface area contributed by atoms with E-state index in [4.69, 9.17) is 9.40 Å². The van der Waals surface area contributed by atoms with E-state index < -0.39 is 27.9 Å². The van der Waals surface area contributed by atoms with Gasteiger partial charge in [0.2, 0.25) is 15.9 Å². The van der Waals surface area contributed by atoms with Crippen LogP contribution in [0.25, 0.3) is 20.8 Å². The van der Waals surface area contributed by atoms with Crippen molar-refractivity contribution >= 4 is 65.0 Å². The van der Waals surface area contributed by atoms with Gasteiger partial charge in [-0.15, -0.1) is 11.3 Å². The molecule has 0 bridgehead atoms. The Morgan fingerprint density at radius 2 is 1.80 bits per heavy atom. The molecule has 1 fully saturated rings. The molecule has 0 spiro atoms. The minimum absolute atomic E-state index is 0.0105. The van der Waals surface area contributed by atoms with Crippen molar-refractivity contribution in [1.82, 2.24) is 9.29 Å². The number of rotatable bonds is 7. The summed E-state index contributed by atoms with van der Waals surface area (Å²) in [6.07, 6.45) is 1.15. The van der Waals surface area contributed by atoms with Crippen LogP contribution < -0.4 is 4.90 Å². The third-order valence-electron chi connectivity index (χ3n) is 6.70. The second-order valence-electron chi connectivity index (χ2n) is 9.41. The normalized spacial score (nSPS) is 16.0. The first-order valence-electron chi connectivity index (χ1n) is 12.3. The summed E-state index contributed by atoms with van der Waals surface area (Å²) in [6, 6.07) is 21.3. The highest BCUT2D eigenvalue weighted by atomic mass is 79.9. The molecule has 40 heavy (non-hydrogen) atoms. The lowest BCUT2D eigenvalue weighted by atomic mass is 10.2. The number of imide groups is 1. The van der Waals surface area contributed by atoms with E-state index in [1.165, 1.54) is 18.4 Å². The number of thiazole rings is 1. The molecule has 3 heterocycles. The Morgan fingerprint density at radius 1 is 1.05 bits per heavy atom. The van der Waals surface area contributed by atoms with Crippen molar-refractivity contribution in [3.8, 4) is 10.6 Å². The highest BCUT2D eigenvalue weighted by Crippen LogP contribution is 2.34. The number of halogens is 1. The molecule has 2 amide bonds. The van der Waals surface area contributed by atoms with Crippen LogP contribution in [0.1, 0.15) is 17.7 Å². The zero-order valence-corrected chi connectivity index (χ0v) is 24.4. The maximum atomic E-state index is 13.7. The SMILES string of the molecule is Cc1ccc2nc(-c3ccc(N4C(=O)CC(N(Cc5ccco5)S(=O)(=O)c5ccc(Br)cc5)C4=O)cc3)sc2c1. The smallest absolute Gasteiger partial charge is 0.252 e. The van der Waals surface area contributed by atoms with E-state index in [1.807, 2.05) is 31.2 Å². The van der Waals surface area contributed by atoms with Gasteiger partial charge in [0.05, 0.1) is 40.0 Å². The third-order valence-corrected chi connectivity index (χ3v) is 10.2. The summed E-state index contributed by atoms with van der Waals surface area (Å²) in [4.78, 5) is 32.6. The largest absolute Gasteiger partial charge is 0.468 e. The fourth-order valence-corrected chi connectivity index (χ4v) is 7.56. The minimum atomic E-state index is -4.15. The molecule has 6 rings (SSSR count). The van der Waals surface area contributed by atoms with Gasteiger partial charge in [-0.2, -0.15) is 4.31 Å². The molecule has 1 unspecified atom stereocenters. The lowest BCUT2D eigenvalue weighted by Gasteiger charge is -2.26. The molecule has 11 heteroatoms. The van der Waals surface area contributed by atoms with E-state index >= 15 is 0 Å². The summed E-state index contributed by atoms with van der Waals surface area (Å²) < 4.78 is 35.7. The lowest BCUT2D eigenvalue weighted by molar-refractivity contribution is -0.122. The molecule has 0 N–H and O–H groups in total. The van der Waals surface area contributed by atoms with E-state index in [0.29, 0.717) is 15.9 Å². The van der Waals surface area contributed by atoms with Gasteiger partial charge in [-0.05, 0) is 85.3 Å². The first kappa shape index (κ1) is 26.6. The van der Waals surface area contributed by atoms with Crippen molar-refractivity contribution in [3.05, 3.63) is 101 Å². The van der Waals surface area contributed by atoms with Gasteiger partial charge in [0.1, 0.15) is 16.8 Å². The number of carbonyl (C=O) groups is 2. The minimum Gasteiger partial charge on any atom is -0.468 e. The van der Waals surface area contributed by atoms with E-state index in [2.05, 4.69) is 22.0 Å². The quantitative estimate of drug-likeness (QED) is 0.199. The van der Waals surface area contributed by atoms with Gasteiger partial charge < -0.3 is 4.42 Å². The molecule has 1 aliphatic heterocycles. The number of hydrogen-bond acceptors (Lipinski definition) is 7. The number of aryl methyl sites for hydroxylation is 1. The Labute approximate surface area is 243 Å². The van der Waals surface area contributed by atoms with Crippen LogP contribution in [-0.4, -0.2) is 35.6 Å². The lowest BCUT2D eigenvalue weighted by Crippen LogP contribution is -2.45. The van der Waals surface area contributed by atoms with Crippen molar-refractivity contribution in [2.24, 2.45) is 0 Å². The van der Waals surface area contributed by atoms with Crippen molar-refractivity contribution in [2.75, 3.05) is 4.90 Å². The second kappa shape index (κ2) is 10.4. The van der Waals surface area contributed by atoms with Crippen molar-refractivity contribution in [2.45, 2.75) is 30.8 Å². The fourth-order valence-electron chi connectivity index (χ4n) is 4.68. The first-order valence-corrected chi connectivity index (χ1v) is 15.4. The molecular formula is C29H22BrN3O5S2. The number of benzene rings is 3. The Morgan fingerprint density at radius 3 is 2.50 bits per heavy atom. The number of aromatic nitrogens is 1. The maximum absolute atomic E-state index is 13.7. The highest BCUT2D eigenvalue weighted by Gasteiger charge is 2.47. The topological polar surface area (TPSA) is 101 Å². The van der Waals surface area contributed by atoms with Gasteiger partial charge in [0, 0.05) is 10.0 Å². The average molecular weight is 637 g/mol. The van der Waals surface area contributed by atoms with Crippen LogP contribution in [0, 0.1) is 6.92 Å². The molecule has 8 nitrogen and oxygen atoms in total. The molecule has 1 aliphatic rings. The molecule has 2 aromatic heterocycles. The van der Waals surface area contributed by atoms with Crippen LogP contribution in [0.3, 0.4) is 0 Å². The monoisotopic (exact) mass is 635 g/mol. The Kier molecular flexibility index (Phi) is 6.91. The molecule has 0 radical (unpaired) electrons. The predicted octanol–water partition coefficient (Wildman–Crippen LogP) is 6.15. The molecule has 5 aromatic rings. The van der Waals surface area contributed by atoms with Crippen molar-refractivity contribution in [1.29, 1.82) is 0 Å². The van der Waals surface area contributed by atoms with Gasteiger partial charge in [0.15, 0.2) is 0 Å². The fraction of sp³-hybridized carbons (Fsp3) is 0.138. The molecule has 0 saturated carbocycles. The molecule has 0 aliphatic carbocycles. The zero-order valence-electron chi connectivity index (χ0n) is 21.2. The zero-order chi connectivity index (χ0) is 28.0. The van der Waals surface area contributed by atoms with Gasteiger partial charge in [-0.1, -0.05) is 22.0 Å². The van der Waals surface area contributed by atoms with Crippen LogP contribution in [0.2, 0.25) is 0 Å². The van der Waals surface area contributed by atoms with Crippen molar-refractivity contribution < 1.29 is 22.4 Å². The Balaban J connectivity index is 1.30. The molecule has 3 aromatic carbocycles. The van der Waals surface area contributed by atoms with Gasteiger partial charge in [-0.3, -0.25) is 9.59 Å². The number of nitrogens with zero attached hydrogens (tertiary/aromatic N) is 3. The molecule has 1 atom stereocenters. The van der Waals surface area contributed by atoms with Crippen molar-refractivity contribution in [3.63, 3.8) is 0 Å². The maximum Gasteiger partial charge on any atom is 0.252 e. The number of hydrogen-bond donors (Lipinski definition) is 0. The van der Waals surface area contributed by atoms with E-state index in [-0.39, 0.29) is 17.9 Å². The van der Waals surface area contributed by atoms with Crippen LogP contribution >= 0.6 is 27.3 Å². The predicted molar refractivity (Wildman–Crippen MR) is 156 cm³/mol. The summed E-state index contributed by atoms with van der Waals surface area (Å²) in [5.41, 5.74) is 3.29. The number of sulfonamides is 1. The number of carbonyl (C=O) groups excluding carboxylic acids is 2. The number of anilines is 1.